The quantitative estimate of drug-likeness (QED) is 0.236. The molecular formula is C26H33N3O3. The van der Waals surface area contributed by atoms with E-state index in [0.29, 0.717) is 36.1 Å². The van der Waals surface area contributed by atoms with Crippen molar-refractivity contribution in [3.05, 3.63) is 115 Å². The van der Waals surface area contributed by atoms with Gasteiger partial charge in [0, 0.05) is 18.8 Å². The van der Waals surface area contributed by atoms with Gasteiger partial charge in [0.1, 0.15) is 29.6 Å². The number of nitrogens with zero attached hydrogens (tertiary/aromatic N) is 1. The smallest absolute Gasteiger partial charge is 0.127 e. The molecule has 0 fully saturated rings. The molecule has 0 spiro atoms. The SMILES string of the molecule is C=C/C=C\N(C)CCO/C(C=C)=C/C(=C/C=C/C(N)=CC(=N)/C=C/c1ccc(C)o1)OC. The van der Waals surface area contributed by atoms with Crippen LogP contribution in [0.15, 0.2) is 108 Å². The Hall–Kier alpha value is -3.93. The lowest BCUT2D eigenvalue weighted by Gasteiger charge is -2.14. The molecule has 0 saturated carbocycles. The summed E-state index contributed by atoms with van der Waals surface area (Å²) in [6, 6.07) is 3.71. The number of hydrogen-bond donors (Lipinski definition) is 2. The highest BCUT2D eigenvalue weighted by atomic mass is 16.5. The minimum Gasteiger partial charge on any atom is -0.497 e. The van der Waals surface area contributed by atoms with Crippen LogP contribution in [0.3, 0.4) is 0 Å². The number of aryl methyl sites for hydroxylation is 1. The summed E-state index contributed by atoms with van der Waals surface area (Å²) < 4.78 is 16.5. The number of nitrogens with one attached hydrogen (secondary N) is 1. The molecule has 3 N–H and O–H groups in total. The van der Waals surface area contributed by atoms with Gasteiger partial charge in [0.15, 0.2) is 0 Å². The maximum Gasteiger partial charge on any atom is 0.127 e. The Balaban J connectivity index is 2.67. The van der Waals surface area contributed by atoms with E-state index in [9.17, 15) is 0 Å². The summed E-state index contributed by atoms with van der Waals surface area (Å²) in [6.07, 6.45) is 18.9. The minimum atomic E-state index is 0.257. The molecule has 1 rings (SSSR count). The maximum absolute atomic E-state index is 7.97. The van der Waals surface area contributed by atoms with Gasteiger partial charge >= 0.3 is 0 Å². The van der Waals surface area contributed by atoms with E-state index in [-0.39, 0.29) is 5.71 Å². The first-order valence-electron chi connectivity index (χ1n) is 10.1. The molecule has 0 atom stereocenters. The maximum atomic E-state index is 7.97. The first-order valence-corrected chi connectivity index (χ1v) is 10.1. The number of nitrogens with two attached hydrogens (primary N) is 1. The van der Waals surface area contributed by atoms with Crippen LogP contribution in [-0.4, -0.2) is 37.9 Å². The third kappa shape index (κ3) is 11.3. The number of ether oxygens (including phenoxy) is 2. The molecule has 6 heteroatoms. The molecule has 0 unspecified atom stereocenters. The van der Waals surface area contributed by atoms with Gasteiger partial charge in [0.2, 0.25) is 0 Å². The summed E-state index contributed by atoms with van der Waals surface area (Å²) in [6.45, 7) is 10.5. The van der Waals surface area contributed by atoms with Crippen molar-refractivity contribution in [2.45, 2.75) is 6.92 Å². The Morgan fingerprint density at radius 3 is 2.59 bits per heavy atom. The fourth-order valence-corrected chi connectivity index (χ4v) is 2.31. The van der Waals surface area contributed by atoms with Crippen molar-refractivity contribution in [2.75, 3.05) is 27.3 Å². The van der Waals surface area contributed by atoms with Crippen molar-refractivity contribution < 1.29 is 13.9 Å². The molecule has 0 saturated heterocycles. The van der Waals surface area contributed by atoms with Gasteiger partial charge in [-0.3, -0.25) is 0 Å². The largest absolute Gasteiger partial charge is 0.497 e. The highest BCUT2D eigenvalue weighted by Crippen LogP contribution is 2.09. The average molecular weight is 436 g/mol. The molecule has 1 aromatic heterocycles. The van der Waals surface area contributed by atoms with Crippen molar-refractivity contribution in [3.63, 3.8) is 0 Å². The van der Waals surface area contributed by atoms with Crippen molar-refractivity contribution >= 4 is 11.8 Å². The van der Waals surface area contributed by atoms with Crippen LogP contribution in [0.5, 0.6) is 0 Å². The van der Waals surface area contributed by atoms with Crippen LogP contribution in [0.25, 0.3) is 6.08 Å². The topological polar surface area (TPSA) is 84.7 Å². The fraction of sp³-hybridized carbons (Fsp3) is 0.192. The third-order valence-corrected chi connectivity index (χ3v) is 3.97. The van der Waals surface area contributed by atoms with Crippen LogP contribution in [0.2, 0.25) is 0 Å². The van der Waals surface area contributed by atoms with Gasteiger partial charge in [0.05, 0.1) is 19.4 Å². The molecule has 0 amide bonds. The molecule has 0 aromatic carbocycles. The van der Waals surface area contributed by atoms with Crippen LogP contribution in [-0.2, 0) is 9.47 Å². The number of furan rings is 1. The van der Waals surface area contributed by atoms with Crippen LogP contribution < -0.4 is 5.73 Å². The standard InChI is InChI=1S/C26H33N3O3/c1-6-8-16-29(4)17-18-31-24(7-2)20-26(30-5)11-9-10-22(27)19-23(28)13-15-25-14-12-21(3)32-25/h6-16,19-20,28H,1-2,17-18,27H2,3-5H3/b10-9+,15-13+,16-8-,22-19?,24-20+,26-11-,28-23?. The van der Waals surface area contributed by atoms with E-state index in [1.165, 1.54) is 0 Å². The molecule has 1 heterocycles. The van der Waals surface area contributed by atoms with Gasteiger partial charge < -0.3 is 29.9 Å². The summed E-state index contributed by atoms with van der Waals surface area (Å²) in [5.41, 5.74) is 6.65. The number of hydrogen-bond acceptors (Lipinski definition) is 6. The van der Waals surface area contributed by atoms with Crippen LogP contribution >= 0.6 is 0 Å². The van der Waals surface area contributed by atoms with Gasteiger partial charge in [-0.25, -0.2) is 0 Å². The summed E-state index contributed by atoms with van der Waals surface area (Å²) in [7, 11) is 3.53. The fourth-order valence-electron chi connectivity index (χ4n) is 2.31. The van der Waals surface area contributed by atoms with Crippen LogP contribution in [0.4, 0.5) is 0 Å². The Kier molecular flexibility index (Phi) is 12.2. The van der Waals surface area contributed by atoms with Crippen LogP contribution in [0, 0.1) is 12.3 Å². The van der Waals surface area contributed by atoms with Crippen molar-refractivity contribution in [1.29, 1.82) is 5.41 Å². The summed E-state index contributed by atoms with van der Waals surface area (Å²) in [4.78, 5) is 2.00. The van der Waals surface area contributed by atoms with Gasteiger partial charge in [-0.05, 0) is 67.8 Å². The second-order valence-electron chi connectivity index (χ2n) is 6.67. The first kappa shape index (κ1) is 26.1. The highest BCUT2D eigenvalue weighted by Gasteiger charge is 1.98. The summed E-state index contributed by atoms with van der Waals surface area (Å²) in [5, 5.41) is 7.97. The predicted molar refractivity (Wildman–Crippen MR) is 133 cm³/mol. The zero-order chi connectivity index (χ0) is 23.8. The van der Waals surface area contributed by atoms with E-state index >= 15 is 0 Å². The van der Waals surface area contributed by atoms with E-state index in [2.05, 4.69) is 13.2 Å². The van der Waals surface area contributed by atoms with E-state index in [1.54, 1.807) is 61.8 Å². The second kappa shape index (κ2) is 15.0. The summed E-state index contributed by atoms with van der Waals surface area (Å²) in [5.74, 6) is 2.68. The number of rotatable bonds is 14. The Labute approximate surface area is 191 Å². The van der Waals surface area contributed by atoms with Crippen molar-refractivity contribution in [3.8, 4) is 0 Å². The Morgan fingerprint density at radius 1 is 1.19 bits per heavy atom. The van der Waals surface area contributed by atoms with Gasteiger partial charge in [0.25, 0.3) is 0 Å². The average Bonchev–Trinajstić information content (AvgIpc) is 3.19. The Bertz CT molecular complexity index is 943. The number of allylic oxidation sites excluding steroid dienone is 9. The van der Waals surface area contributed by atoms with E-state index in [0.717, 1.165) is 5.76 Å². The van der Waals surface area contributed by atoms with E-state index in [4.69, 9.17) is 25.0 Å². The zero-order valence-electron chi connectivity index (χ0n) is 19.1. The van der Waals surface area contributed by atoms with Gasteiger partial charge in [-0.2, -0.15) is 0 Å². The van der Waals surface area contributed by atoms with E-state index in [1.807, 2.05) is 43.3 Å². The summed E-state index contributed by atoms with van der Waals surface area (Å²) >= 11 is 0. The van der Waals surface area contributed by atoms with Gasteiger partial charge in [-0.1, -0.05) is 25.3 Å². The Morgan fingerprint density at radius 2 is 1.97 bits per heavy atom. The van der Waals surface area contributed by atoms with Crippen molar-refractivity contribution in [2.24, 2.45) is 5.73 Å². The highest BCUT2D eigenvalue weighted by molar-refractivity contribution is 6.04. The molecule has 32 heavy (non-hydrogen) atoms. The normalized spacial score (nSPS) is 13.2. The predicted octanol–water partition coefficient (Wildman–Crippen LogP) is 5.27. The third-order valence-electron chi connectivity index (χ3n) is 3.97. The molecule has 0 aliphatic rings. The lowest BCUT2D eigenvalue weighted by atomic mass is 10.2. The number of methoxy groups -OCH3 is 1. The lowest BCUT2D eigenvalue weighted by Crippen LogP contribution is -2.17. The lowest BCUT2D eigenvalue weighted by molar-refractivity contribution is 0.197. The molecular weight excluding hydrogens is 402 g/mol. The molecule has 1 aromatic rings. The molecule has 170 valence electrons. The number of likely N-dealkylation sites (N-methyl/N-ethyl adjacent to an activating group) is 1. The zero-order valence-corrected chi connectivity index (χ0v) is 19.1. The minimum absolute atomic E-state index is 0.257. The van der Waals surface area contributed by atoms with E-state index < -0.39 is 0 Å². The van der Waals surface area contributed by atoms with Gasteiger partial charge in [-0.15, -0.1) is 0 Å². The van der Waals surface area contributed by atoms with Crippen LogP contribution in [0.1, 0.15) is 11.5 Å². The molecule has 0 bridgehead atoms. The molecule has 0 aliphatic heterocycles. The first-order chi connectivity index (χ1) is 15.4. The second-order valence-corrected chi connectivity index (χ2v) is 6.67. The molecule has 0 aliphatic carbocycles. The molecule has 0 radical (unpaired) electrons. The molecule has 6 nitrogen and oxygen atoms in total. The monoisotopic (exact) mass is 435 g/mol. The van der Waals surface area contributed by atoms with Crippen molar-refractivity contribution in [1.82, 2.24) is 4.90 Å².